The summed E-state index contributed by atoms with van der Waals surface area (Å²) < 4.78 is 9.64. The van der Waals surface area contributed by atoms with Gasteiger partial charge in [-0.15, -0.1) is 0 Å². The van der Waals surface area contributed by atoms with Crippen LogP contribution in [0.25, 0.3) is 0 Å². The molecular formula is C15H18N4O4. The maximum Gasteiger partial charge on any atom is 0.254 e. The molecule has 0 atom stereocenters. The van der Waals surface area contributed by atoms with E-state index in [4.69, 9.17) is 4.74 Å². The van der Waals surface area contributed by atoms with Crippen molar-refractivity contribution in [3.05, 3.63) is 42.4 Å². The Morgan fingerprint density at radius 1 is 1.30 bits per heavy atom. The van der Waals surface area contributed by atoms with E-state index in [1.54, 1.807) is 19.2 Å². The third-order valence-electron chi connectivity index (χ3n) is 3.03. The van der Waals surface area contributed by atoms with Crippen molar-refractivity contribution >= 4 is 17.6 Å². The first-order chi connectivity index (χ1) is 11.2. The zero-order valence-corrected chi connectivity index (χ0v) is 12.8. The molecule has 0 aliphatic rings. The van der Waals surface area contributed by atoms with Gasteiger partial charge < -0.3 is 19.5 Å². The van der Waals surface area contributed by atoms with Crippen molar-refractivity contribution in [3.63, 3.8) is 0 Å². The third kappa shape index (κ3) is 5.19. The fourth-order valence-electron chi connectivity index (χ4n) is 1.96. The van der Waals surface area contributed by atoms with Crippen LogP contribution in [0.2, 0.25) is 0 Å². The van der Waals surface area contributed by atoms with Crippen molar-refractivity contribution in [3.8, 4) is 0 Å². The molecular weight excluding hydrogens is 300 g/mol. The van der Waals surface area contributed by atoms with Gasteiger partial charge in [0.15, 0.2) is 5.82 Å². The average molecular weight is 318 g/mol. The summed E-state index contributed by atoms with van der Waals surface area (Å²) in [4.78, 5) is 29.9. The summed E-state index contributed by atoms with van der Waals surface area (Å²) in [5, 5.41) is 6.17. The second kappa shape index (κ2) is 8.64. The van der Waals surface area contributed by atoms with Gasteiger partial charge in [0.1, 0.15) is 12.8 Å². The minimum Gasteiger partial charge on any atom is -0.385 e. The monoisotopic (exact) mass is 318 g/mol. The number of nitrogens with one attached hydrogen (secondary N) is 1. The quantitative estimate of drug-likeness (QED) is 0.734. The number of hydrogen-bond donors (Lipinski definition) is 1. The molecule has 0 spiro atoms. The average Bonchev–Trinajstić information content (AvgIpc) is 3.07. The molecule has 0 aliphatic heterocycles. The lowest BCUT2D eigenvalue weighted by Crippen LogP contribution is -2.39. The minimum atomic E-state index is -0.348. The van der Waals surface area contributed by atoms with Gasteiger partial charge in [0.25, 0.3) is 5.91 Å². The Bertz CT molecular complexity index is 616. The van der Waals surface area contributed by atoms with Crippen LogP contribution in [0.3, 0.4) is 0 Å². The molecule has 0 radical (unpaired) electrons. The molecule has 2 amide bonds. The molecule has 0 bridgehead atoms. The Kier molecular flexibility index (Phi) is 6.25. The first-order valence-electron chi connectivity index (χ1n) is 7.09. The van der Waals surface area contributed by atoms with Crippen molar-refractivity contribution in [1.82, 2.24) is 15.0 Å². The van der Waals surface area contributed by atoms with E-state index >= 15 is 0 Å². The Labute approximate surface area is 133 Å². The van der Waals surface area contributed by atoms with Crippen LogP contribution in [-0.2, 0) is 9.53 Å². The summed E-state index contributed by atoms with van der Waals surface area (Å²) in [6, 6.07) is 4.75. The van der Waals surface area contributed by atoms with Crippen LogP contribution in [0.4, 0.5) is 5.82 Å². The lowest BCUT2D eigenvalue weighted by molar-refractivity contribution is -0.117. The van der Waals surface area contributed by atoms with Crippen molar-refractivity contribution in [2.24, 2.45) is 0 Å². The van der Waals surface area contributed by atoms with E-state index in [0.29, 0.717) is 31.0 Å². The largest absolute Gasteiger partial charge is 0.385 e. The predicted molar refractivity (Wildman–Crippen MR) is 81.8 cm³/mol. The van der Waals surface area contributed by atoms with Gasteiger partial charge in [-0.05, 0) is 18.6 Å². The fourth-order valence-corrected chi connectivity index (χ4v) is 1.96. The number of methoxy groups -OCH3 is 1. The zero-order valence-electron chi connectivity index (χ0n) is 12.8. The summed E-state index contributed by atoms with van der Waals surface area (Å²) in [6.45, 7) is 0.823. The number of anilines is 1. The molecule has 8 heteroatoms. The highest BCUT2D eigenvalue weighted by molar-refractivity contribution is 5.98. The molecule has 2 aromatic rings. The smallest absolute Gasteiger partial charge is 0.254 e. The van der Waals surface area contributed by atoms with Gasteiger partial charge in [-0.25, -0.2) is 0 Å². The van der Waals surface area contributed by atoms with E-state index in [-0.39, 0.29) is 18.4 Å². The van der Waals surface area contributed by atoms with Crippen LogP contribution in [0.1, 0.15) is 16.8 Å². The zero-order chi connectivity index (χ0) is 16.5. The van der Waals surface area contributed by atoms with Gasteiger partial charge >= 0.3 is 0 Å². The summed E-state index contributed by atoms with van der Waals surface area (Å²) >= 11 is 0. The molecule has 1 N–H and O–H groups in total. The highest BCUT2D eigenvalue weighted by Gasteiger charge is 2.19. The first kappa shape index (κ1) is 16.6. The van der Waals surface area contributed by atoms with E-state index < -0.39 is 0 Å². The number of carbonyl (C=O) groups excluding carboxylic acids is 2. The second-order valence-electron chi connectivity index (χ2n) is 4.74. The van der Waals surface area contributed by atoms with Crippen molar-refractivity contribution < 1.29 is 18.8 Å². The summed E-state index contributed by atoms with van der Waals surface area (Å²) in [5.41, 5.74) is 0.478. The Morgan fingerprint density at radius 3 is 2.74 bits per heavy atom. The maximum absolute atomic E-state index is 12.5. The number of rotatable bonds is 8. The molecule has 23 heavy (non-hydrogen) atoms. The normalized spacial score (nSPS) is 10.3. The van der Waals surface area contributed by atoms with E-state index in [2.05, 4.69) is 20.0 Å². The van der Waals surface area contributed by atoms with Crippen molar-refractivity contribution in [1.29, 1.82) is 0 Å². The Balaban J connectivity index is 2.01. The number of aromatic nitrogens is 2. The second-order valence-corrected chi connectivity index (χ2v) is 4.74. The number of ether oxygens (including phenoxy) is 1. The molecule has 2 rings (SSSR count). The molecule has 0 saturated heterocycles. The fraction of sp³-hybridized carbons (Fsp3) is 0.333. The van der Waals surface area contributed by atoms with Gasteiger partial charge in [-0.1, -0.05) is 5.16 Å². The van der Waals surface area contributed by atoms with Crippen LogP contribution in [0.5, 0.6) is 0 Å². The lowest BCUT2D eigenvalue weighted by Gasteiger charge is -2.22. The van der Waals surface area contributed by atoms with Gasteiger partial charge in [-0.2, -0.15) is 0 Å². The van der Waals surface area contributed by atoms with Crippen LogP contribution >= 0.6 is 0 Å². The molecule has 0 fully saturated rings. The Morgan fingerprint density at radius 2 is 2.09 bits per heavy atom. The van der Waals surface area contributed by atoms with Gasteiger partial charge in [0.05, 0.1) is 0 Å². The van der Waals surface area contributed by atoms with Crippen LogP contribution in [0, 0.1) is 0 Å². The first-order valence-corrected chi connectivity index (χ1v) is 7.09. The number of amides is 2. The molecule has 8 nitrogen and oxygen atoms in total. The molecule has 0 aliphatic carbocycles. The molecule has 0 aromatic carbocycles. The van der Waals surface area contributed by atoms with E-state index in [1.165, 1.54) is 29.6 Å². The van der Waals surface area contributed by atoms with E-state index in [9.17, 15) is 9.59 Å². The summed E-state index contributed by atoms with van der Waals surface area (Å²) in [7, 11) is 1.59. The topological polar surface area (TPSA) is 97.6 Å². The number of carbonyl (C=O) groups is 2. The van der Waals surface area contributed by atoms with Gasteiger partial charge in [0, 0.05) is 44.3 Å². The van der Waals surface area contributed by atoms with Crippen LogP contribution in [0.15, 0.2) is 41.4 Å². The predicted octanol–water partition coefficient (Wildman–Crippen LogP) is 1.19. The molecule has 2 heterocycles. The van der Waals surface area contributed by atoms with E-state index in [1.807, 2.05) is 0 Å². The van der Waals surface area contributed by atoms with Crippen molar-refractivity contribution in [2.75, 3.05) is 32.1 Å². The van der Waals surface area contributed by atoms with E-state index in [0.717, 1.165) is 0 Å². The summed E-state index contributed by atoms with van der Waals surface area (Å²) in [6.07, 6.45) is 5.06. The van der Waals surface area contributed by atoms with Crippen LogP contribution < -0.4 is 5.32 Å². The van der Waals surface area contributed by atoms with Gasteiger partial charge in [-0.3, -0.25) is 14.6 Å². The summed E-state index contributed by atoms with van der Waals surface area (Å²) in [5.74, 6) is -0.277. The molecule has 0 unspecified atom stereocenters. The highest BCUT2D eigenvalue weighted by Crippen LogP contribution is 2.06. The molecule has 0 saturated carbocycles. The maximum atomic E-state index is 12.5. The van der Waals surface area contributed by atoms with Crippen LogP contribution in [-0.4, -0.2) is 53.7 Å². The third-order valence-corrected chi connectivity index (χ3v) is 3.03. The Hall–Kier alpha value is -2.74. The lowest BCUT2D eigenvalue weighted by atomic mass is 10.2. The number of pyridine rings is 1. The highest BCUT2D eigenvalue weighted by atomic mass is 16.5. The van der Waals surface area contributed by atoms with Crippen molar-refractivity contribution in [2.45, 2.75) is 6.42 Å². The molecule has 2 aromatic heterocycles. The number of nitrogens with zero attached hydrogens (tertiary/aromatic N) is 3. The molecule has 122 valence electrons. The SMILES string of the molecule is COCCCN(CC(=O)Nc1ccon1)C(=O)c1ccncc1. The minimum absolute atomic E-state index is 0.0856. The van der Waals surface area contributed by atoms with Gasteiger partial charge in [0.2, 0.25) is 5.91 Å². The number of hydrogen-bond acceptors (Lipinski definition) is 6. The standard InChI is InChI=1S/C15H18N4O4/c1-22-9-2-8-19(15(21)12-3-6-16-7-4-12)11-14(20)17-13-5-10-23-18-13/h3-7,10H,2,8-9,11H2,1H3,(H,17,18,20).